The second kappa shape index (κ2) is 7.87. The van der Waals surface area contributed by atoms with Gasteiger partial charge in [0.15, 0.2) is 0 Å². The molecule has 0 saturated carbocycles. The molecule has 110 valence electrons. The molecule has 1 aromatic rings. The molecule has 20 heavy (non-hydrogen) atoms. The van der Waals surface area contributed by atoms with E-state index in [1.54, 1.807) is 12.1 Å². The van der Waals surface area contributed by atoms with E-state index in [9.17, 15) is 4.79 Å². The van der Waals surface area contributed by atoms with Gasteiger partial charge in [-0.3, -0.25) is 4.79 Å². The molecule has 1 saturated heterocycles. The van der Waals surface area contributed by atoms with Crippen LogP contribution in [-0.2, 0) is 11.2 Å². The first kappa shape index (κ1) is 15.6. The summed E-state index contributed by atoms with van der Waals surface area (Å²) in [7, 11) is 0. The molecule has 1 atom stereocenters. The van der Waals surface area contributed by atoms with E-state index in [-0.39, 0.29) is 5.91 Å². The number of hydrogen-bond donors (Lipinski definition) is 2. The Hall–Kier alpha value is -0.770. The van der Waals surface area contributed by atoms with Crippen molar-refractivity contribution in [1.82, 2.24) is 10.6 Å². The zero-order valence-corrected chi connectivity index (χ0v) is 12.9. The molecule has 1 aliphatic rings. The molecule has 1 fully saturated rings. The maximum Gasteiger partial charge on any atom is 0.220 e. The Labute approximate surface area is 130 Å². The molecule has 1 aliphatic heterocycles. The summed E-state index contributed by atoms with van der Waals surface area (Å²) in [6, 6.07) is 5.39. The normalized spacial score (nSPS) is 18.2. The van der Waals surface area contributed by atoms with Crippen LogP contribution in [0.5, 0.6) is 0 Å². The highest BCUT2D eigenvalue weighted by Crippen LogP contribution is 2.22. The first-order valence-electron chi connectivity index (χ1n) is 7.06. The third-order valence-electron chi connectivity index (χ3n) is 3.67. The van der Waals surface area contributed by atoms with Crippen LogP contribution in [0.25, 0.3) is 0 Å². The second-order valence-corrected chi connectivity index (χ2v) is 6.08. The quantitative estimate of drug-likeness (QED) is 0.847. The standard InChI is InChI=1S/C15H20Cl2N2O/c16-13-3-1-12(14(17)9-13)2-4-15(20)19-8-6-11-5-7-18-10-11/h1,3,9,11,18H,2,4-8,10H2,(H,19,20). The van der Waals surface area contributed by atoms with Crippen molar-refractivity contribution in [3.8, 4) is 0 Å². The van der Waals surface area contributed by atoms with Crippen molar-refractivity contribution in [2.75, 3.05) is 19.6 Å². The topological polar surface area (TPSA) is 41.1 Å². The lowest BCUT2D eigenvalue weighted by molar-refractivity contribution is -0.121. The van der Waals surface area contributed by atoms with Crippen molar-refractivity contribution < 1.29 is 4.79 Å². The molecule has 1 amide bonds. The van der Waals surface area contributed by atoms with Crippen molar-refractivity contribution >= 4 is 29.1 Å². The maximum absolute atomic E-state index is 11.8. The van der Waals surface area contributed by atoms with Gasteiger partial charge in [0.2, 0.25) is 5.91 Å². The van der Waals surface area contributed by atoms with E-state index in [0.717, 1.165) is 31.6 Å². The van der Waals surface area contributed by atoms with Crippen LogP contribution in [0.2, 0.25) is 10.0 Å². The first-order valence-corrected chi connectivity index (χ1v) is 7.82. The van der Waals surface area contributed by atoms with Gasteiger partial charge in [-0.05, 0) is 56.0 Å². The number of aryl methyl sites for hydroxylation is 1. The molecule has 0 radical (unpaired) electrons. The van der Waals surface area contributed by atoms with Crippen LogP contribution < -0.4 is 10.6 Å². The molecule has 0 bridgehead atoms. The fraction of sp³-hybridized carbons (Fsp3) is 0.533. The minimum atomic E-state index is 0.0852. The smallest absolute Gasteiger partial charge is 0.220 e. The van der Waals surface area contributed by atoms with Crippen LogP contribution in [0.15, 0.2) is 18.2 Å². The van der Waals surface area contributed by atoms with Crippen molar-refractivity contribution in [2.45, 2.75) is 25.7 Å². The van der Waals surface area contributed by atoms with E-state index >= 15 is 0 Å². The van der Waals surface area contributed by atoms with Gasteiger partial charge in [0.25, 0.3) is 0 Å². The number of carbonyl (C=O) groups is 1. The third-order valence-corrected chi connectivity index (χ3v) is 4.26. The van der Waals surface area contributed by atoms with Crippen molar-refractivity contribution in [3.63, 3.8) is 0 Å². The molecular formula is C15H20Cl2N2O. The molecule has 1 unspecified atom stereocenters. The van der Waals surface area contributed by atoms with Gasteiger partial charge in [-0.1, -0.05) is 29.3 Å². The summed E-state index contributed by atoms with van der Waals surface area (Å²) >= 11 is 11.9. The van der Waals surface area contributed by atoms with Crippen LogP contribution >= 0.6 is 23.2 Å². The Morgan fingerprint density at radius 2 is 2.25 bits per heavy atom. The largest absolute Gasteiger partial charge is 0.356 e. The summed E-state index contributed by atoms with van der Waals surface area (Å²) in [5.41, 5.74) is 0.964. The fourth-order valence-corrected chi connectivity index (χ4v) is 2.94. The van der Waals surface area contributed by atoms with Gasteiger partial charge in [0.1, 0.15) is 0 Å². The van der Waals surface area contributed by atoms with Gasteiger partial charge >= 0.3 is 0 Å². The lowest BCUT2D eigenvalue weighted by Crippen LogP contribution is -2.26. The number of hydrogen-bond acceptors (Lipinski definition) is 2. The van der Waals surface area contributed by atoms with Gasteiger partial charge in [-0.25, -0.2) is 0 Å². The lowest BCUT2D eigenvalue weighted by atomic mass is 10.1. The average Bonchev–Trinajstić information content (AvgIpc) is 2.91. The van der Waals surface area contributed by atoms with Crippen LogP contribution in [0.4, 0.5) is 0 Å². The summed E-state index contributed by atoms with van der Waals surface area (Å²) in [5.74, 6) is 0.794. The average molecular weight is 315 g/mol. The molecule has 2 N–H and O–H groups in total. The van der Waals surface area contributed by atoms with Crippen molar-refractivity contribution in [1.29, 1.82) is 0 Å². The number of amides is 1. The minimum Gasteiger partial charge on any atom is -0.356 e. The number of benzene rings is 1. The number of carbonyl (C=O) groups excluding carboxylic acids is 1. The summed E-state index contributed by atoms with van der Waals surface area (Å²) in [4.78, 5) is 11.8. The highest BCUT2D eigenvalue weighted by Gasteiger charge is 2.14. The minimum absolute atomic E-state index is 0.0852. The fourth-order valence-electron chi connectivity index (χ4n) is 2.44. The molecule has 2 rings (SSSR count). The van der Waals surface area contributed by atoms with Crippen LogP contribution in [0, 0.1) is 5.92 Å². The summed E-state index contributed by atoms with van der Waals surface area (Å²) in [6.07, 6.45) is 3.38. The number of rotatable bonds is 6. The third kappa shape index (κ3) is 4.97. The Morgan fingerprint density at radius 3 is 2.95 bits per heavy atom. The Morgan fingerprint density at radius 1 is 1.40 bits per heavy atom. The van der Waals surface area contributed by atoms with E-state index in [0.29, 0.717) is 28.8 Å². The molecule has 1 aromatic carbocycles. The predicted molar refractivity (Wildman–Crippen MR) is 83.4 cm³/mol. The number of halogens is 2. The van der Waals surface area contributed by atoms with Crippen LogP contribution in [0.1, 0.15) is 24.8 Å². The Kier molecular flexibility index (Phi) is 6.14. The van der Waals surface area contributed by atoms with Gasteiger partial charge < -0.3 is 10.6 Å². The monoisotopic (exact) mass is 314 g/mol. The van der Waals surface area contributed by atoms with Gasteiger partial charge in [-0.15, -0.1) is 0 Å². The van der Waals surface area contributed by atoms with Crippen LogP contribution in [0.3, 0.4) is 0 Å². The molecule has 0 aliphatic carbocycles. The SMILES string of the molecule is O=C(CCc1ccc(Cl)cc1Cl)NCCC1CCNC1. The van der Waals surface area contributed by atoms with Gasteiger partial charge in [-0.2, -0.15) is 0 Å². The zero-order chi connectivity index (χ0) is 14.4. The second-order valence-electron chi connectivity index (χ2n) is 5.23. The summed E-state index contributed by atoms with van der Waals surface area (Å²) in [6.45, 7) is 2.95. The van der Waals surface area contributed by atoms with Gasteiger partial charge in [0.05, 0.1) is 0 Å². The van der Waals surface area contributed by atoms with E-state index < -0.39 is 0 Å². The molecule has 0 aromatic heterocycles. The zero-order valence-electron chi connectivity index (χ0n) is 11.4. The Balaban J connectivity index is 1.66. The van der Waals surface area contributed by atoms with Gasteiger partial charge in [0, 0.05) is 23.0 Å². The van der Waals surface area contributed by atoms with E-state index in [4.69, 9.17) is 23.2 Å². The molecule has 3 nitrogen and oxygen atoms in total. The lowest BCUT2D eigenvalue weighted by Gasteiger charge is -2.09. The molecule has 0 spiro atoms. The van der Waals surface area contributed by atoms with E-state index in [2.05, 4.69) is 10.6 Å². The van der Waals surface area contributed by atoms with Crippen molar-refractivity contribution in [3.05, 3.63) is 33.8 Å². The highest BCUT2D eigenvalue weighted by molar-refractivity contribution is 6.35. The van der Waals surface area contributed by atoms with Crippen molar-refractivity contribution in [2.24, 2.45) is 5.92 Å². The first-order chi connectivity index (χ1) is 9.65. The summed E-state index contributed by atoms with van der Waals surface area (Å²) in [5, 5.41) is 7.55. The highest BCUT2D eigenvalue weighted by atomic mass is 35.5. The Bertz CT molecular complexity index is 459. The predicted octanol–water partition coefficient (Wildman–Crippen LogP) is 3.04. The van der Waals surface area contributed by atoms with E-state index in [1.807, 2.05) is 6.07 Å². The van der Waals surface area contributed by atoms with E-state index in [1.165, 1.54) is 6.42 Å². The maximum atomic E-state index is 11.8. The summed E-state index contributed by atoms with van der Waals surface area (Å²) < 4.78 is 0. The molecular weight excluding hydrogens is 295 g/mol. The molecule has 5 heteroatoms. The number of nitrogens with one attached hydrogen (secondary N) is 2. The van der Waals surface area contributed by atoms with Crippen LogP contribution in [-0.4, -0.2) is 25.5 Å². The molecule has 1 heterocycles.